The van der Waals surface area contributed by atoms with E-state index < -0.39 is 52.7 Å². The summed E-state index contributed by atoms with van der Waals surface area (Å²) in [5.41, 5.74) is -0.950. The minimum absolute atomic E-state index is 0.106. The summed E-state index contributed by atoms with van der Waals surface area (Å²) < 4.78 is 36.5. The molecule has 228 valence electrons. The molecule has 10 nitrogen and oxygen atoms in total. The Hall–Kier alpha value is -2.70. The summed E-state index contributed by atoms with van der Waals surface area (Å²) in [6, 6.07) is 4.68. The molecule has 1 heterocycles. The first-order chi connectivity index (χ1) is 19.6. The largest absolute Gasteiger partial charge is 0.484 e. The fourth-order valence-corrected chi connectivity index (χ4v) is 9.08. The van der Waals surface area contributed by atoms with Gasteiger partial charge in [0.15, 0.2) is 6.61 Å². The quantitative estimate of drug-likeness (QED) is 0.288. The van der Waals surface area contributed by atoms with Crippen LogP contribution in [0.3, 0.4) is 0 Å². The molecule has 8 atom stereocenters. The lowest BCUT2D eigenvalue weighted by Crippen LogP contribution is -2.63. The van der Waals surface area contributed by atoms with E-state index in [0.717, 1.165) is 25.5 Å². The zero-order valence-corrected chi connectivity index (χ0v) is 25.8. The highest BCUT2D eigenvalue weighted by atomic mass is 32.2. The van der Waals surface area contributed by atoms with E-state index in [1.165, 1.54) is 12.3 Å². The van der Waals surface area contributed by atoms with Crippen molar-refractivity contribution < 1.29 is 37.6 Å². The maximum Gasteiger partial charge on any atom is 0.484 e. The van der Waals surface area contributed by atoms with Crippen LogP contribution in [0.4, 0.5) is 0 Å². The van der Waals surface area contributed by atoms with Crippen molar-refractivity contribution in [2.75, 3.05) is 12.9 Å². The molecule has 5 rings (SSSR count). The van der Waals surface area contributed by atoms with Gasteiger partial charge in [0.2, 0.25) is 10.0 Å². The van der Waals surface area contributed by atoms with Crippen molar-refractivity contribution in [3.8, 4) is 5.75 Å². The van der Waals surface area contributed by atoms with Crippen molar-refractivity contribution in [2.45, 2.75) is 72.0 Å². The van der Waals surface area contributed by atoms with E-state index in [-0.39, 0.29) is 40.2 Å². The van der Waals surface area contributed by atoms with Crippen LogP contribution in [0.5, 0.6) is 5.75 Å². The SMILES string of the molecule is C=C[C@]1(C)C[C@@H](OC(=O)COc2ccc3c(c2)B(O)N(S(C)(=O)=O)N=C3)[C@]2(C)[C@H](C)CC[C@]3(CCC(=O)[C@H]32)[C@@H](C)[C@@H]1O. The van der Waals surface area contributed by atoms with Gasteiger partial charge >= 0.3 is 13.0 Å². The lowest BCUT2D eigenvalue weighted by Gasteiger charge is -2.61. The molecule has 12 heteroatoms. The monoisotopic (exact) mass is 600 g/mol. The zero-order valence-electron chi connectivity index (χ0n) is 24.9. The van der Waals surface area contributed by atoms with Crippen LogP contribution in [0.2, 0.25) is 0 Å². The Bertz CT molecular complexity index is 1430. The Labute approximate surface area is 248 Å². The van der Waals surface area contributed by atoms with Crippen LogP contribution >= 0.6 is 0 Å². The summed E-state index contributed by atoms with van der Waals surface area (Å²) >= 11 is 0. The van der Waals surface area contributed by atoms with Gasteiger partial charge in [-0.1, -0.05) is 39.8 Å². The lowest BCUT2D eigenvalue weighted by molar-refractivity contribution is -0.207. The topological polar surface area (TPSA) is 143 Å². The van der Waals surface area contributed by atoms with Crippen molar-refractivity contribution >= 4 is 40.5 Å². The molecule has 3 aliphatic carbocycles. The molecule has 3 fully saturated rings. The third-order valence-corrected chi connectivity index (χ3v) is 12.1. The molecule has 0 saturated heterocycles. The predicted molar refractivity (Wildman–Crippen MR) is 158 cm³/mol. The van der Waals surface area contributed by atoms with Gasteiger partial charge in [0.1, 0.15) is 17.6 Å². The van der Waals surface area contributed by atoms with Crippen molar-refractivity contribution in [1.29, 1.82) is 0 Å². The molecule has 3 saturated carbocycles. The molecule has 1 aromatic carbocycles. The molecule has 2 bridgehead atoms. The highest BCUT2D eigenvalue weighted by molar-refractivity contribution is 7.89. The number of sulfonamides is 1. The number of carbonyl (C=O) groups is 2. The molecule has 0 spiro atoms. The first-order valence-corrected chi connectivity index (χ1v) is 16.5. The molecular formula is C30H41BN2O8S. The smallest absolute Gasteiger partial charge is 0.482 e. The normalized spacial score (nSPS) is 37.8. The van der Waals surface area contributed by atoms with E-state index in [1.54, 1.807) is 18.2 Å². The number of Topliss-reactive ketones (excluding diaryl/α,β-unsaturated/α-hetero) is 1. The van der Waals surface area contributed by atoms with Gasteiger partial charge < -0.3 is 19.6 Å². The minimum atomic E-state index is -3.80. The number of fused-ring (bicyclic) bond motifs is 1. The van der Waals surface area contributed by atoms with Gasteiger partial charge in [0.05, 0.1) is 18.6 Å². The number of ether oxygens (including phenoxy) is 2. The summed E-state index contributed by atoms with van der Waals surface area (Å²) in [5.74, 6) is -0.535. The number of nitrogens with zero attached hydrogens (tertiary/aromatic N) is 2. The number of aliphatic hydroxyl groups excluding tert-OH is 1. The first kappa shape index (κ1) is 30.8. The number of esters is 1. The molecule has 2 N–H and O–H groups in total. The fourth-order valence-electron chi connectivity index (χ4n) is 8.39. The van der Waals surface area contributed by atoms with Crippen molar-refractivity contribution in [3.63, 3.8) is 0 Å². The second kappa shape index (κ2) is 10.5. The Morgan fingerprint density at radius 3 is 2.67 bits per heavy atom. The number of benzene rings is 1. The first-order valence-electron chi connectivity index (χ1n) is 14.6. The van der Waals surface area contributed by atoms with Crippen LogP contribution in [0.1, 0.15) is 65.4 Å². The second-order valence-electron chi connectivity index (χ2n) is 13.3. The third-order valence-electron chi connectivity index (χ3n) is 11.1. The number of rotatable bonds is 6. The van der Waals surface area contributed by atoms with E-state index in [1.807, 2.05) is 6.92 Å². The van der Waals surface area contributed by atoms with E-state index in [4.69, 9.17) is 9.47 Å². The molecule has 0 amide bonds. The van der Waals surface area contributed by atoms with Gasteiger partial charge in [-0.05, 0) is 66.1 Å². The average molecular weight is 601 g/mol. The van der Waals surface area contributed by atoms with E-state index in [0.29, 0.717) is 22.7 Å². The molecular weight excluding hydrogens is 559 g/mol. The van der Waals surface area contributed by atoms with Gasteiger partial charge in [-0.15, -0.1) is 6.58 Å². The van der Waals surface area contributed by atoms with Crippen LogP contribution in [0.25, 0.3) is 0 Å². The number of carbonyl (C=O) groups excluding carboxylic acids is 2. The number of hydrazone groups is 1. The average Bonchev–Trinajstić information content (AvgIpc) is 3.30. The number of ketones is 1. The van der Waals surface area contributed by atoms with E-state index >= 15 is 0 Å². The fraction of sp³-hybridized carbons (Fsp3) is 0.633. The van der Waals surface area contributed by atoms with Crippen molar-refractivity contribution in [1.82, 2.24) is 4.33 Å². The van der Waals surface area contributed by atoms with Crippen LogP contribution in [-0.4, -0.2) is 73.0 Å². The number of aliphatic hydroxyl groups is 1. The Morgan fingerprint density at radius 2 is 2.00 bits per heavy atom. The molecule has 1 aliphatic heterocycles. The predicted octanol–water partition coefficient (Wildman–Crippen LogP) is 2.27. The number of hydrogen-bond acceptors (Lipinski definition) is 9. The third kappa shape index (κ3) is 4.70. The summed E-state index contributed by atoms with van der Waals surface area (Å²) in [6.07, 6.45) is 5.84. The molecule has 0 aromatic heterocycles. The molecule has 42 heavy (non-hydrogen) atoms. The summed E-state index contributed by atoms with van der Waals surface area (Å²) in [6.45, 7) is 11.8. The van der Waals surface area contributed by atoms with Crippen LogP contribution in [0, 0.1) is 34.0 Å². The van der Waals surface area contributed by atoms with Crippen molar-refractivity contribution in [2.24, 2.45) is 39.1 Å². The minimum Gasteiger partial charge on any atom is -0.482 e. The Balaban J connectivity index is 1.40. The van der Waals surface area contributed by atoms with Gasteiger partial charge in [-0.25, -0.2) is 17.5 Å². The molecule has 1 aromatic rings. The van der Waals surface area contributed by atoms with Gasteiger partial charge in [0, 0.05) is 23.2 Å². The lowest BCUT2D eigenvalue weighted by atomic mass is 9.44. The van der Waals surface area contributed by atoms with Gasteiger partial charge in [-0.3, -0.25) is 4.79 Å². The number of hydrogen-bond donors (Lipinski definition) is 2. The Kier molecular flexibility index (Phi) is 7.68. The molecule has 0 unspecified atom stereocenters. The van der Waals surface area contributed by atoms with Crippen molar-refractivity contribution in [3.05, 3.63) is 36.4 Å². The van der Waals surface area contributed by atoms with E-state index in [9.17, 15) is 28.1 Å². The zero-order chi connectivity index (χ0) is 30.8. The van der Waals surface area contributed by atoms with Gasteiger partial charge in [-0.2, -0.15) is 5.10 Å². The molecule has 0 radical (unpaired) electrons. The highest BCUT2D eigenvalue weighted by Crippen LogP contribution is 2.68. The second-order valence-corrected chi connectivity index (χ2v) is 15.1. The molecule has 4 aliphatic rings. The maximum atomic E-state index is 13.5. The van der Waals surface area contributed by atoms with Crippen LogP contribution in [-0.2, 0) is 24.3 Å². The maximum absolute atomic E-state index is 13.5. The van der Waals surface area contributed by atoms with Crippen LogP contribution in [0.15, 0.2) is 36.0 Å². The van der Waals surface area contributed by atoms with E-state index in [2.05, 4.69) is 32.5 Å². The highest BCUT2D eigenvalue weighted by Gasteiger charge is 2.68. The van der Waals surface area contributed by atoms with Crippen LogP contribution < -0.4 is 10.2 Å². The summed E-state index contributed by atoms with van der Waals surface area (Å²) in [7, 11) is -5.34. The standard InChI is InChI=1S/C30H41BN2O8S/c1-7-28(4)15-24(29(5)18(2)10-12-30(19(3)27(28)36)13-11-23(34)26(29)30)41-25(35)17-40-21-9-8-20-16-32-33(42(6,38)39)31(37)22(20)14-21/h7-9,14,16,18-19,24,26-27,36-37H,1,10-13,15,17H2,2-6H3/t18-,19+,24-,26+,27+,28-,29+,30+/m1/s1. The van der Waals surface area contributed by atoms with Gasteiger partial charge in [0.25, 0.3) is 0 Å². The Morgan fingerprint density at radius 1 is 1.29 bits per heavy atom. The summed E-state index contributed by atoms with van der Waals surface area (Å²) in [4.78, 5) is 26.9. The summed E-state index contributed by atoms with van der Waals surface area (Å²) in [5, 5.41) is 26.1.